The Morgan fingerprint density at radius 1 is 0.821 bits per heavy atom. The van der Waals surface area contributed by atoms with E-state index in [1.54, 1.807) is 27.4 Å². The van der Waals surface area contributed by atoms with Crippen LogP contribution in [0.5, 0.6) is 28.7 Å². The van der Waals surface area contributed by atoms with Gasteiger partial charge >= 0.3 is 0 Å². The Balaban J connectivity index is 2.01. The second-order valence-electron chi connectivity index (χ2n) is 9.39. The van der Waals surface area contributed by atoms with Crippen molar-refractivity contribution in [1.82, 2.24) is 4.90 Å². The van der Waals surface area contributed by atoms with E-state index in [-0.39, 0.29) is 11.5 Å². The van der Waals surface area contributed by atoms with Crippen LogP contribution < -0.4 is 14.2 Å². The van der Waals surface area contributed by atoms with Gasteiger partial charge in [-0.3, -0.25) is 4.90 Å². The molecule has 4 rings (SSSR count). The number of phenols is 2. The van der Waals surface area contributed by atoms with Crippen molar-refractivity contribution in [1.29, 1.82) is 0 Å². The lowest BCUT2D eigenvalue weighted by Crippen LogP contribution is -2.39. The molecular formula is C32H37NO6. The first kappa shape index (κ1) is 28.1. The highest BCUT2D eigenvalue weighted by molar-refractivity contribution is 5.78. The molecule has 0 aromatic heterocycles. The highest BCUT2D eigenvalue weighted by Crippen LogP contribution is 2.49. The van der Waals surface area contributed by atoms with Crippen LogP contribution in [-0.2, 0) is 17.6 Å². The van der Waals surface area contributed by atoms with Crippen LogP contribution in [0.1, 0.15) is 28.3 Å². The molecule has 3 aromatic rings. The Hall–Kier alpha value is -3.94. The molecule has 0 amide bonds. The van der Waals surface area contributed by atoms with Gasteiger partial charge in [-0.05, 0) is 60.4 Å². The molecule has 1 fully saturated rings. The third-order valence-electron chi connectivity index (χ3n) is 7.05. The van der Waals surface area contributed by atoms with E-state index in [0.29, 0.717) is 73.1 Å². The molecule has 1 atom stereocenters. The second kappa shape index (κ2) is 12.7. The van der Waals surface area contributed by atoms with E-state index in [2.05, 4.69) is 18.1 Å². The topological polar surface area (TPSA) is 80.6 Å². The van der Waals surface area contributed by atoms with E-state index < -0.39 is 6.04 Å². The van der Waals surface area contributed by atoms with Gasteiger partial charge in [-0.15, -0.1) is 13.2 Å². The van der Waals surface area contributed by atoms with Gasteiger partial charge in [0.2, 0.25) is 5.75 Å². The predicted octanol–water partition coefficient (Wildman–Crippen LogP) is 5.67. The lowest BCUT2D eigenvalue weighted by atomic mass is 9.88. The number of hydrogen-bond acceptors (Lipinski definition) is 7. The monoisotopic (exact) mass is 531 g/mol. The van der Waals surface area contributed by atoms with Crippen molar-refractivity contribution in [3.8, 4) is 39.9 Å². The quantitative estimate of drug-likeness (QED) is 0.309. The number of methoxy groups -OCH3 is 3. The van der Waals surface area contributed by atoms with Crippen molar-refractivity contribution in [3.63, 3.8) is 0 Å². The molecule has 39 heavy (non-hydrogen) atoms. The molecule has 2 N–H and O–H groups in total. The summed E-state index contributed by atoms with van der Waals surface area (Å²) in [5, 5.41) is 22.8. The Kier molecular flexibility index (Phi) is 9.17. The molecule has 1 unspecified atom stereocenters. The Morgan fingerprint density at radius 2 is 1.49 bits per heavy atom. The van der Waals surface area contributed by atoms with Crippen LogP contribution in [0.25, 0.3) is 11.1 Å². The van der Waals surface area contributed by atoms with Gasteiger partial charge < -0.3 is 29.2 Å². The minimum Gasteiger partial charge on any atom is -0.507 e. The number of benzene rings is 3. The maximum atomic E-state index is 11.9. The summed E-state index contributed by atoms with van der Waals surface area (Å²) < 4.78 is 22.8. The lowest BCUT2D eigenvalue weighted by molar-refractivity contribution is 0.0231. The Labute approximate surface area is 230 Å². The van der Waals surface area contributed by atoms with Crippen molar-refractivity contribution < 1.29 is 29.2 Å². The first-order valence-corrected chi connectivity index (χ1v) is 13.0. The average molecular weight is 532 g/mol. The normalized spacial score (nSPS) is 14.4. The molecule has 1 heterocycles. The standard InChI is InChI=1S/C32H37NO6/c1-6-8-21-10-12-27(34)24(18-21)25-19-22(9-7-2)20-26(30(25)35)29(33-14-16-39-17-15-33)23-11-13-28(36-3)32(38-5)31(23)37-4/h6-7,10-13,18-20,29,34-35H,1-2,8-9,14-17H2,3-5H3. The van der Waals surface area contributed by atoms with Crippen molar-refractivity contribution in [2.75, 3.05) is 47.6 Å². The Morgan fingerprint density at radius 3 is 2.13 bits per heavy atom. The fraction of sp³-hybridized carbons (Fsp3) is 0.312. The van der Waals surface area contributed by atoms with Gasteiger partial charge in [0.1, 0.15) is 11.5 Å². The summed E-state index contributed by atoms with van der Waals surface area (Å²) in [4.78, 5) is 2.26. The lowest BCUT2D eigenvalue weighted by Gasteiger charge is -2.36. The van der Waals surface area contributed by atoms with E-state index >= 15 is 0 Å². The number of allylic oxidation sites excluding steroid dienone is 2. The zero-order valence-electron chi connectivity index (χ0n) is 22.9. The summed E-state index contributed by atoms with van der Waals surface area (Å²) in [5.74, 6) is 1.73. The third kappa shape index (κ3) is 5.75. The third-order valence-corrected chi connectivity index (χ3v) is 7.05. The number of nitrogens with zero attached hydrogens (tertiary/aromatic N) is 1. The first-order chi connectivity index (χ1) is 19.0. The van der Waals surface area contributed by atoms with Crippen molar-refractivity contribution in [2.45, 2.75) is 18.9 Å². The van der Waals surface area contributed by atoms with Gasteiger partial charge in [0.15, 0.2) is 11.5 Å². The number of rotatable bonds is 11. The molecule has 0 bridgehead atoms. The molecule has 0 radical (unpaired) electrons. The average Bonchev–Trinajstić information content (AvgIpc) is 2.96. The summed E-state index contributed by atoms with van der Waals surface area (Å²) >= 11 is 0. The number of phenolic OH excluding ortho intramolecular Hbond substituents is 2. The summed E-state index contributed by atoms with van der Waals surface area (Å²) in [5.41, 5.74) is 4.55. The van der Waals surface area contributed by atoms with Crippen LogP contribution in [-0.4, -0.2) is 62.7 Å². The van der Waals surface area contributed by atoms with Gasteiger partial charge in [-0.25, -0.2) is 0 Å². The molecule has 0 aliphatic carbocycles. The molecule has 1 saturated heterocycles. The van der Waals surface area contributed by atoms with Crippen LogP contribution in [0, 0.1) is 0 Å². The minimum absolute atomic E-state index is 0.0854. The van der Waals surface area contributed by atoms with E-state index in [1.807, 2.05) is 48.6 Å². The van der Waals surface area contributed by atoms with Crippen molar-refractivity contribution in [3.05, 3.63) is 90.0 Å². The van der Waals surface area contributed by atoms with Gasteiger partial charge in [-0.1, -0.05) is 18.2 Å². The van der Waals surface area contributed by atoms with Gasteiger partial charge in [-0.2, -0.15) is 0 Å². The van der Waals surface area contributed by atoms with E-state index in [9.17, 15) is 10.2 Å². The summed E-state index contributed by atoms with van der Waals surface area (Å²) in [6, 6.07) is 12.7. The summed E-state index contributed by atoms with van der Waals surface area (Å²) in [6.07, 6.45) is 4.88. The van der Waals surface area contributed by atoms with Crippen LogP contribution in [0.2, 0.25) is 0 Å². The molecule has 0 saturated carbocycles. The van der Waals surface area contributed by atoms with Crippen molar-refractivity contribution >= 4 is 0 Å². The van der Waals surface area contributed by atoms with Gasteiger partial charge in [0.25, 0.3) is 0 Å². The number of aromatic hydroxyl groups is 2. The van der Waals surface area contributed by atoms with E-state index in [0.717, 1.165) is 16.7 Å². The zero-order chi connectivity index (χ0) is 27.9. The van der Waals surface area contributed by atoms with Gasteiger partial charge in [0, 0.05) is 35.3 Å². The molecule has 7 heteroatoms. The number of morpholine rings is 1. The SMILES string of the molecule is C=CCc1ccc(O)c(-c2cc(CC=C)cc(C(c3ccc(OC)c(OC)c3OC)N3CCOCC3)c2O)c1. The second-order valence-corrected chi connectivity index (χ2v) is 9.39. The zero-order valence-corrected chi connectivity index (χ0v) is 22.9. The molecule has 206 valence electrons. The molecular weight excluding hydrogens is 494 g/mol. The molecule has 1 aliphatic rings. The van der Waals surface area contributed by atoms with Crippen LogP contribution >= 0.6 is 0 Å². The van der Waals surface area contributed by atoms with Crippen LogP contribution in [0.3, 0.4) is 0 Å². The number of hydrogen-bond donors (Lipinski definition) is 2. The van der Waals surface area contributed by atoms with Crippen molar-refractivity contribution in [2.24, 2.45) is 0 Å². The molecule has 3 aromatic carbocycles. The number of ether oxygens (including phenoxy) is 4. The highest BCUT2D eigenvalue weighted by atomic mass is 16.5. The van der Waals surface area contributed by atoms with Crippen LogP contribution in [0.4, 0.5) is 0 Å². The van der Waals surface area contributed by atoms with E-state index in [4.69, 9.17) is 18.9 Å². The van der Waals surface area contributed by atoms with E-state index in [1.165, 1.54) is 0 Å². The molecule has 0 spiro atoms. The minimum atomic E-state index is -0.398. The predicted molar refractivity (Wildman–Crippen MR) is 153 cm³/mol. The molecule has 1 aliphatic heterocycles. The molecule has 7 nitrogen and oxygen atoms in total. The maximum Gasteiger partial charge on any atom is 0.203 e. The first-order valence-electron chi connectivity index (χ1n) is 13.0. The summed E-state index contributed by atoms with van der Waals surface area (Å²) in [6.45, 7) is 10.2. The maximum absolute atomic E-state index is 11.9. The van der Waals surface area contributed by atoms with Gasteiger partial charge in [0.05, 0.1) is 40.6 Å². The summed E-state index contributed by atoms with van der Waals surface area (Å²) in [7, 11) is 4.76. The van der Waals surface area contributed by atoms with Crippen LogP contribution in [0.15, 0.2) is 67.8 Å². The largest absolute Gasteiger partial charge is 0.507 e. The Bertz CT molecular complexity index is 1330. The fourth-order valence-electron chi connectivity index (χ4n) is 5.25. The smallest absolute Gasteiger partial charge is 0.203 e. The highest BCUT2D eigenvalue weighted by Gasteiger charge is 2.32. The fourth-order valence-corrected chi connectivity index (χ4v) is 5.25.